The van der Waals surface area contributed by atoms with Gasteiger partial charge in [0, 0.05) is 16.7 Å². The molecule has 2 heterocycles. The lowest BCUT2D eigenvalue weighted by Crippen LogP contribution is -2.16. The van der Waals surface area contributed by atoms with Crippen molar-refractivity contribution >= 4 is 27.5 Å². The molecule has 0 saturated heterocycles. The van der Waals surface area contributed by atoms with Crippen LogP contribution >= 0.6 is 15.9 Å². The predicted octanol–water partition coefficient (Wildman–Crippen LogP) is 2.84. The number of rotatable bonds is 6. The molecule has 1 aromatic carbocycles. The summed E-state index contributed by atoms with van der Waals surface area (Å²) in [5, 5.41) is 0. The summed E-state index contributed by atoms with van der Waals surface area (Å²) in [6, 6.07) is 7.76. The minimum Gasteiger partial charge on any atom is -0.493 e. The lowest BCUT2D eigenvalue weighted by molar-refractivity contribution is 0.0467. The second kappa shape index (κ2) is 8.30. The third-order valence-corrected chi connectivity index (χ3v) is 4.40. The Morgan fingerprint density at radius 3 is 2.36 bits per heavy atom. The van der Waals surface area contributed by atoms with Crippen LogP contribution in [0.5, 0.6) is 17.2 Å². The Kier molecular flexibility index (Phi) is 5.84. The number of carbonyl (C=O) groups excluding carboxylic acids is 1. The molecule has 0 spiro atoms. The first-order valence-electron chi connectivity index (χ1n) is 8.11. The van der Waals surface area contributed by atoms with Crippen LogP contribution in [0.2, 0.25) is 0 Å². The molecule has 0 aliphatic carbocycles. The number of nitrogens with zero attached hydrogens (tertiary/aromatic N) is 2. The van der Waals surface area contributed by atoms with Gasteiger partial charge < -0.3 is 18.9 Å². The molecular formula is C19H17BrN2O6. The van der Waals surface area contributed by atoms with Crippen molar-refractivity contribution in [3.8, 4) is 17.2 Å². The molecule has 0 fully saturated rings. The summed E-state index contributed by atoms with van der Waals surface area (Å²) in [7, 11) is 4.38. The number of esters is 1. The highest BCUT2D eigenvalue weighted by Gasteiger charge is 2.18. The Morgan fingerprint density at radius 1 is 1.07 bits per heavy atom. The molecule has 146 valence electrons. The molecule has 0 N–H and O–H groups in total. The fourth-order valence-electron chi connectivity index (χ4n) is 2.62. The first-order chi connectivity index (χ1) is 13.5. The third-order valence-electron chi connectivity index (χ3n) is 3.93. The van der Waals surface area contributed by atoms with Gasteiger partial charge in [0.05, 0.1) is 32.6 Å². The van der Waals surface area contributed by atoms with Gasteiger partial charge in [-0.15, -0.1) is 0 Å². The van der Waals surface area contributed by atoms with Crippen molar-refractivity contribution in [2.24, 2.45) is 0 Å². The van der Waals surface area contributed by atoms with E-state index in [0.717, 1.165) is 4.47 Å². The smallest absolute Gasteiger partial charge is 0.338 e. The zero-order valence-corrected chi connectivity index (χ0v) is 17.0. The van der Waals surface area contributed by atoms with Gasteiger partial charge in [-0.1, -0.05) is 0 Å². The summed E-state index contributed by atoms with van der Waals surface area (Å²) in [6.45, 7) is -0.155. The Labute approximate surface area is 168 Å². The number of hydrogen-bond donors (Lipinski definition) is 0. The summed E-state index contributed by atoms with van der Waals surface area (Å²) in [5.41, 5.74) is 0.740. The zero-order chi connectivity index (χ0) is 20.3. The molecule has 0 unspecified atom stereocenters. The van der Waals surface area contributed by atoms with Gasteiger partial charge in [0.1, 0.15) is 12.3 Å². The first kappa shape index (κ1) is 19.7. The molecule has 2 aromatic heterocycles. The number of halogens is 1. The molecule has 0 amide bonds. The van der Waals surface area contributed by atoms with Crippen molar-refractivity contribution < 1.29 is 23.7 Å². The van der Waals surface area contributed by atoms with E-state index >= 15 is 0 Å². The fraction of sp³-hybridized carbons (Fsp3) is 0.211. The molecule has 0 bridgehead atoms. The van der Waals surface area contributed by atoms with Crippen LogP contribution in [0.3, 0.4) is 0 Å². The van der Waals surface area contributed by atoms with Crippen LogP contribution in [-0.4, -0.2) is 36.7 Å². The maximum absolute atomic E-state index is 12.5. The van der Waals surface area contributed by atoms with E-state index in [-0.39, 0.29) is 17.7 Å². The number of hydrogen-bond acceptors (Lipinski definition) is 7. The highest BCUT2D eigenvalue weighted by molar-refractivity contribution is 9.10. The summed E-state index contributed by atoms with van der Waals surface area (Å²) in [4.78, 5) is 29.0. The van der Waals surface area contributed by atoms with Crippen molar-refractivity contribution in [2.45, 2.75) is 6.61 Å². The van der Waals surface area contributed by atoms with E-state index in [4.69, 9.17) is 18.9 Å². The summed E-state index contributed by atoms with van der Waals surface area (Å²) < 4.78 is 23.2. The van der Waals surface area contributed by atoms with Crippen LogP contribution in [0.4, 0.5) is 0 Å². The lowest BCUT2D eigenvalue weighted by Gasteiger charge is -2.13. The maximum Gasteiger partial charge on any atom is 0.338 e. The first-order valence-corrected chi connectivity index (χ1v) is 8.91. The van der Waals surface area contributed by atoms with Gasteiger partial charge >= 0.3 is 5.97 Å². The summed E-state index contributed by atoms with van der Waals surface area (Å²) >= 11 is 3.31. The average Bonchev–Trinajstić information content (AvgIpc) is 2.71. The summed E-state index contributed by atoms with van der Waals surface area (Å²) in [5.74, 6) is 0.428. The number of carbonyl (C=O) groups is 1. The molecule has 0 radical (unpaired) electrons. The highest BCUT2D eigenvalue weighted by Crippen LogP contribution is 2.38. The van der Waals surface area contributed by atoms with Crippen LogP contribution in [0.1, 0.15) is 16.1 Å². The predicted molar refractivity (Wildman–Crippen MR) is 104 cm³/mol. The normalized spacial score (nSPS) is 10.6. The third kappa shape index (κ3) is 3.94. The molecule has 0 aliphatic heterocycles. The number of fused-ring (bicyclic) bond motifs is 1. The Balaban J connectivity index is 1.83. The summed E-state index contributed by atoms with van der Waals surface area (Å²) in [6.07, 6.45) is 1.62. The van der Waals surface area contributed by atoms with E-state index in [1.54, 1.807) is 18.3 Å². The van der Waals surface area contributed by atoms with Gasteiger partial charge in [0.25, 0.3) is 5.56 Å². The van der Waals surface area contributed by atoms with Crippen LogP contribution in [0.25, 0.3) is 5.65 Å². The molecule has 0 saturated carbocycles. The number of methoxy groups -OCH3 is 3. The molecule has 3 rings (SSSR count). The highest BCUT2D eigenvalue weighted by atomic mass is 79.9. The number of ether oxygens (including phenoxy) is 4. The second-order valence-electron chi connectivity index (χ2n) is 5.65. The Bertz CT molecular complexity index is 1070. The largest absolute Gasteiger partial charge is 0.493 e. The van der Waals surface area contributed by atoms with Crippen LogP contribution in [0, 0.1) is 0 Å². The van der Waals surface area contributed by atoms with E-state index in [9.17, 15) is 9.59 Å². The van der Waals surface area contributed by atoms with Gasteiger partial charge in [-0.05, 0) is 40.2 Å². The van der Waals surface area contributed by atoms with Crippen molar-refractivity contribution in [2.75, 3.05) is 21.3 Å². The van der Waals surface area contributed by atoms with Crippen molar-refractivity contribution in [1.82, 2.24) is 9.38 Å². The SMILES string of the molecule is COc1cc(C(=O)OCc2cc(=O)n3cc(Br)ccc3n2)cc(OC)c1OC. The number of aromatic nitrogens is 2. The molecule has 9 heteroatoms. The standard InChI is InChI=1S/C19H17BrN2O6/c1-25-14-6-11(7-15(26-2)18(14)27-3)19(24)28-10-13-8-17(23)22-9-12(20)4-5-16(22)21-13/h4-9H,10H2,1-3H3. The monoisotopic (exact) mass is 448 g/mol. The Hall–Kier alpha value is -3.07. The van der Waals surface area contributed by atoms with E-state index in [1.807, 2.05) is 0 Å². The lowest BCUT2D eigenvalue weighted by atomic mass is 10.2. The maximum atomic E-state index is 12.5. The zero-order valence-electron chi connectivity index (χ0n) is 15.4. The molecule has 28 heavy (non-hydrogen) atoms. The van der Waals surface area contributed by atoms with Crippen molar-refractivity contribution in [3.63, 3.8) is 0 Å². The quantitative estimate of drug-likeness (QED) is 0.535. The minimum absolute atomic E-state index is 0.155. The van der Waals surface area contributed by atoms with Crippen molar-refractivity contribution in [3.05, 3.63) is 62.6 Å². The molecule has 3 aromatic rings. The van der Waals surface area contributed by atoms with Gasteiger partial charge in [0.2, 0.25) is 5.75 Å². The Morgan fingerprint density at radius 2 is 1.75 bits per heavy atom. The molecular weight excluding hydrogens is 432 g/mol. The van der Waals surface area contributed by atoms with E-state index in [0.29, 0.717) is 28.6 Å². The second-order valence-corrected chi connectivity index (χ2v) is 6.57. The number of benzene rings is 1. The van der Waals surface area contributed by atoms with E-state index in [2.05, 4.69) is 20.9 Å². The van der Waals surface area contributed by atoms with Gasteiger partial charge in [0.15, 0.2) is 11.5 Å². The minimum atomic E-state index is -0.614. The molecule has 0 atom stereocenters. The van der Waals surface area contributed by atoms with Crippen LogP contribution < -0.4 is 19.8 Å². The molecule has 0 aliphatic rings. The van der Waals surface area contributed by atoms with E-state index < -0.39 is 5.97 Å². The van der Waals surface area contributed by atoms with Gasteiger partial charge in [-0.3, -0.25) is 9.20 Å². The topological polar surface area (TPSA) is 88.4 Å². The fourth-order valence-corrected chi connectivity index (χ4v) is 2.96. The number of pyridine rings is 1. The van der Waals surface area contributed by atoms with E-state index in [1.165, 1.54) is 43.9 Å². The molecule has 8 nitrogen and oxygen atoms in total. The van der Waals surface area contributed by atoms with Crippen LogP contribution in [-0.2, 0) is 11.3 Å². The van der Waals surface area contributed by atoms with Crippen LogP contribution in [0.15, 0.2) is 45.8 Å². The van der Waals surface area contributed by atoms with Gasteiger partial charge in [-0.2, -0.15) is 0 Å². The van der Waals surface area contributed by atoms with Crippen molar-refractivity contribution in [1.29, 1.82) is 0 Å². The average molecular weight is 449 g/mol. The van der Waals surface area contributed by atoms with Gasteiger partial charge in [-0.25, -0.2) is 9.78 Å².